The van der Waals surface area contributed by atoms with Crippen molar-refractivity contribution in [2.45, 2.75) is 66.6 Å². The lowest BCUT2D eigenvalue weighted by Crippen LogP contribution is -2.41. The normalized spacial score (nSPS) is 21.8. The van der Waals surface area contributed by atoms with E-state index in [-0.39, 0.29) is 23.7 Å². The topological polar surface area (TPSA) is 18.5 Å². The Labute approximate surface area is 128 Å². The molecule has 0 atom stereocenters. The molecule has 0 saturated carbocycles. The molecule has 1 radical (unpaired) electrons. The molecule has 0 spiro atoms. The highest BCUT2D eigenvalue weighted by Gasteiger charge is 2.52. The smallest absolute Gasteiger partial charge is 0.399 e. The molecular formula is C16H26BO2S. The third kappa shape index (κ3) is 2.83. The monoisotopic (exact) mass is 293 g/mol. The Morgan fingerprint density at radius 1 is 1.10 bits per heavy atom. The van der Waals surface area contributed by atoms with Gasteiger partial charge in [0.15, 0.2) is 0 Å². The summed E-state index contributed by atoms with van der Waals surface area (Å²) in [5, 5.41) is 2.16. The molecule has 0 N–H and O–H groups in total. The lowest BCUT2D eigenvalue weighted by atomic mass is 9.78. The van der Waals surface area contributed by atoms with E-state index >= 15 is 0 Å². The molecule has 1 aliphatic rings. The van der Waals surface area contributed by atoms with Crippen LogP contribution in [0.3, 0.4) is 0 Å². The standard InChI is InChI=1S/C16H26BO2S/c1-11(14(2,3)4)13-9-12(10-20-13)17-18-15(5,6)16(7,8)19-17/h9-10H,1-8H3. The Morgan fingerprint density at radius 2 is 1.60 bits per heavy atom. The first-order valence-corrected chi connectivity index (χ1v) is 8.10. The molecule has 0 amide bonds. The number of hydrogen-bond acceptors (Lipinski definition) is 3. The summed E-state index contributed by atoms with van der Waals surface area (Å²) < 4.78 is 12.2. The summed E-state index contributed by atoms with van der Waals surface area (Å²) >= 11 is 1.77. The van der Waals surface area contributed by atoms with Gasteiger partial charge in [0.05, 0.1) is 11.2 Å². The molecule has 0 bridgehead atoms. The van der Waals surface area contributed by atoms with Crippen LogP contribution in [0.5, 0.6) is 0 Å². The summed E-state index contributed by atoms with van der Waals surface area (Å²) in [5.41, 5.74) is 0.774. The van der Waals surface area contributed by atoms with Crippen molar-refractivity contribution >= 4 is 23.9 Å². The van der Waals surface area contributed by atoms with Crippen LogP contribution in [-0.4, -0.2) is 18.3 Å². The average molecular weight is 293 g/mol. The van der Waals surface area contributed by atoms with E-state index in [1.807, 2.05) is 0 Å². The van der Waals surface area contributed by atoms with Crippen LogP contribution >= 0.6 is 11.3 Å². The minimum Gasteiger partial charge on any atom is -0.399 e. The van der Waals surface area contributed by atoms with E-state index in [9.17, 15) is 0 Å². The van der Waals surface area contributed by atoms with Gasteiger partial charge in [0.25, 0.3) is 0 Å². The van der Waals surface area contributed by atoms with Gasteiger partial charge in [-0.2, -0.15) is 0 Å². The van der Waals surface area contributed by atoms with Gasteiger partial charge in [0, 0.05) is 10.8 Å². The van der Waals surface area contributed by atoms with Crippen LogP contribution in [0.15, 0.2) is 11.4 Å². The molecular weight excluding hydrogens is 267 g/mol. The molecule has 1 fully saturated rings. The second-order valence-corrected chi connectivity index (χ2v) is 8.62. The van der Waals surface area contributed by atoms with Crippen LogP contribution in [-0.2, 0) is 9.31 Å². The van der Waals surface area contributed by atoms with Gasteiger partial charge in [-0.05, 0) is 50.0 Å². The van der Waals surface area contributed by atoms with Gasteiger partial charge >= 0.3 is 7.12 Å². The van der Waals surface area contributed by atoms with E-state index in [4.69, 9.17) is 9.31 Å². The first kappa shape index (κ1) is 16.1. The van der Waals surface area contributed by atoms with Gasteiger partial charge < -0.3 is 9.31 Å². The minimum absolute atomic E-state index is 0.193. The Kier molecular flexibility index (Phi) is 3.90. The Morgan fingerprint density at radius 3 is 2.05 bits per heavy atom. The van der Waals surface area contributed by atoms with Crippen molar-refractivity contribution in [3.05, 3.63) is 22.2 Å². The number of thiophene rings is 1. The van der Waals surface area contributed by atoms with Crippen LogP contribution in [0, 0.1) is 11.3 Å². The van der Waals surface area contributed by atoms with Crippen LogP contribution in [0.25, 0.3) is 0 Å². The molecule has 1 aromatic heterocycles. The van der Waals surface area contributed by atoms with E-state index in [2.05, 4.69) is 66.8 Å². The predicted octanol–water partition coefficient (Wildman–Crippen LogP) is 4.04. The van der Waals surface area contributed by atoms with E-state index in [1.165, 1.54) is 10.8 Å². The summed E-state index contributed by atoms with van der Waals surface area (Å²) in [7, 11) is -0.252. The van der Waals surface area contributed by atoms with Gasteiger partial charge in [-0.1, -0.05) is 27.7 Å². The van der Waals surface area contributed by atoms with Crippen molar-refractivity contribution in [3.63, 3.8) is 0 Å². The van der Waals surface area contributed by atoms with Crippen LogP contribution in [0.1, 0.15) is 60.3 Å². The van der Waals surface area contributed by atoms with Crippen molar-refractivity contribution in [2.75, 3.05) is 0 Å². The van der Waals surface area contributed by atoms with Gasteiger partial charge in [-0.15, -0.1) is 11.3 Å². The zero-order valence-electron chi connectivity index (χ0n) is 14.0. The Balaban J connectivity index is 2.19. The average Bonchev–Trinajstić information content (AvgIpc) is 2.80. The van der Waals surface area contributed by atoms with Gasteiger partial charge in [0.1, 0.15) is 0 Å². The highest BCUT2D eigenvalue weighted by Crippen LogP contribution is 2.38. The maximum absolute atomic E-state index is 6.10. The Hall–Kier alpha value is -0.315. The summed E-state index contributed by atoms with van der Waals surface area (Å²) in [6, 6.07) is 2.22. The fourth-order valence-electron chi connectivity index (χ4n) is 2.02. The number of hydrogen-bond donors (Lipinski definition) is 0. The zero-order chi connectivity index (χ0) is 15.3. The molecule has 1 aromatic rings. The third-order valence-electron chi connectivity index (χ3n) is 4.64. The quantitative estimate of drug-likeness (QED) is 0.766. The number of rotatable bonds is 2. The lowest BCUT2D eigenvalue weighted by molar-refractivity contribution is 0.00578. The maximum atomic E-state index is 6.10. The summed E-state index contributed by atoms with van der Waals surface area (Å²) in [6.45, 7) is 17.3. The molecule has 0 aromatic carbocycles. The highest BCUT2D eigenvalue weighted by molar-refractivity contribution is 7.11. The van der Waals surface area contributed by atoms with Gasteiger partial charge in [-0.25, -0.2) is 0 Å². The largest absolute Gasteiger partial charge is 0.495 e. The van der Waals surface area contributed by atoms with Crippen LogP contribution in [0.4, 0.5) is 0 Å². The molecule has 111 valence electrons. The minimum atomic E-state index is -0.275. The molecule has 2 heterocycles. The second kappa shape index (κ2) is 4.86. The molecule has 0 aliphatic carbocycles. The van der Waals surface area contributed by atoms with Crippen molar-refractivity contribution in [2.24, 2.45) is 5.41 Å². The molecule has 1 aliphatic heterocycles. The predicted molar refractivity (Wildman–Crippen MR) is 87.5 cm³/mol. The van der Waals surface area contributed by atoms with Crippen LogP contribution in [0.2, 0.25) is 0 Å². The third-order valence-corrected chi connectivity index (χ3v) is 5.71. The van der Waals surface area contributed by atoms with Crippen molar-refractivity contribution in [1.82, 2.24) is 0 Å². The SMILES string of the molecule is C[C](c1cc(B2OC(C)(C)C(C)(C)O2)cs1)C(C)(C)C. The van der Waals surface area contributed by atoms with Crippen LogP contribution < -0.4 is 5.46 Å². The Bertz CT molecular complexity index is 469. The van der Waals surface area contributed by atoms with E-state index in [0.717, 1.165) is 5.46 Å². The van der Waals surface area contributed by atoms with Crippen molar-refractivity contribution in [1.29, 1.82) is 0 Å². The first-order valence-electron chi connectivity index (χ1n) is 7.22. The first-order chi connectivity index (χ1) is 8.94. The molecule has 1 saturated heterocycles. The van der Waals surface area contributed by atoms with E-state index in [1.54, 1.807) is 11.3 Å². The fraction of sp³-hybridized carbons (Fsp3) is 0.688. The van der Waals surface area contributed by atoms with Crippen molar-refractivity contribution in [3.8, 4) is 0 Å². The summed E-state index contributed by atoms with van der Waals surface area (Å²) in [5.74, 6) is 1.41. The summed E-state index contributed by atoms with van der Waals surface area (Å²) in [4.78, 5) is 1.32. The van der Waals surface area contributed by atoms with Gasteiger partial charge in [-0.3, -0.25) is 0 Å². The summed E-state index contributed by atoms with van der Waals surface area (Å²) in [6.07, 6.45) is 0. The molecule has 20 heavy (non-hydrogen) atoms. The van der Waals surface area contributed by atoms with Crippen molar-refractivity contribution < 1.29 is 9.31 Å². The maximum Gasteiger partial charge on any atom is 0.495 e. The van der Waals surface area contributed by atoms with Gasteiger partial charge in [0.2, 0.25) is 0 Å². The molecule has 2 nitrogen and oxygen atoms in total. The van der Waals surface area contributed by atoms with E-state index in [0.29, 0.717) is 0 Å². The van der Waals surface area contributed by atoms with E-state index < -0.39 is 0 Å². The molecule has 4 heteroatoms. The second-order valence-electron chi connectivity index (χ2n) is 7.71. The molecule has 2 rings (SSSR count). The fourth-order valence-corrected chi connectivity index (χ4v) is 3.15. The molecule has 0 unspecified atom stereocenters. The highest BCUT2D eigenvalue weighted by atomic mass is 32.1. The zero-order valence-corrected chi connectivity index (χ0v) is 14.8. The lowest BCUT2D eigenvalue weighted by Gasteiger charge is -2.32.